The van der Waals surface area contributed by atoms with E-state index in [1.165, 1.54) is 19.8 Å². The Labute approximate surface area is 91.0 Å². The molecule has 1 saturated carbocycles. The Hall–Kier alpha value is -1.08. The molecule has 84 valence electrons. The van der Waals surface area contributed by atoms with Gasteiger partial charge in [0.15, 0.2) is 0 Å². The van der Waals surface area contributed by atoms with Gasteiger partial charge in [0.1, 0.15) is 0 Å². The molecule has 2 atom stereocenters. The van der Waals surface area contributed by atoms with Gasteiger partial charge in [-0.2, -0.15) is 5.26 Å². The summed E-state index contributed by atoms with van der Waals surface area (Å²) in [4.78, 5) is 10.6. The predicted octanol–water partition coefficient (Wildman–Crippen LogP) is 0.794. The van der Waals surface area contributed by atoms with Crippen molar-refractivity contribution in [2.24, 2.45) is 5.92 Å². The van der Waals surface area contributed by atoms with Gasteiger partial charge in [0, 0.05) is 26.1 Å². The molecule has 0 saturated heterocycles. The molecule has 0 aromatic heterocycles. The maximum Gasteiger partial charge on any atom is 0.216 e. The van der Waals surface area contributed by atoms with Crippen molar-refractivity contribution in [3.05, 3.63) is 0 Å². The molecular weight excluding hydrogens is 190 g/mol. The number of nitriles is 1. The Morgan fingerprint density at radius 2 is 2.13 bits per heavy atom. The van der Waals surface area contributed by atoms with Crippen molar-refractivity contribution in [1.82, 2.24) is 10.6 Å². The third-order valence-electron chi connectivity index (χ3n) is 2.84. The van der Waals surface area contributed by atoms with Gasteiger partial charge >= 0.3 is 0 Å². The van der Waals surface area contributed by atoms with Crippen LogP contribution in [-0.2, 0) is 4.79 Å². The standard InChI is InChI=1S/C11H19N3O/c1-9(15)13-6-7-14-11-5-3-2-4-10(11)8-12/h10-11,14H,2-7H2,1H3,(H,13,15). The maximum absolute atomic E-state index is 10.6. The second kappa shape index (κ2) is 6.41. The molecular formula is C11H19N3O. The van der Waals surface area contributed by atoms with Crippen LogP contribution in [-0.4, -0.2) is 25.0 Å². The van der Waals surface area contributed by atoms with E-state index in [4.69, 9.17) is 5.26 Å². The lowest BCUT2D eigenvalue weighted by Crippen LogP contribution is -2.41. The number of hydrogen-bond donors (Lipinski definition) is 2. The van der Waals surface area contributed by atoms with Crippen LogP contribution >= 0.6 is 0 Å². The first-order valence-electron chi connectivity index (χ1n) is 5.61. The molecule has 1 fully saturated rings. The van der Waals surface area contributed by atoms with E-state index < -0.39 is 0 Å². The lowest BCUT2D eigenvalue weighted by Gasteiger charge is -2.27. The van der Waals surface area contributed by atoms with Crippen molar-refractivity contribution >= 4 is 5.91 Å². The molecule has 0 aromatic carbocycles. The third-order valence-corrected chi connectivity index (χ3v) is 2.84. The Kier molecular flexibility index (Phi) is 5.13. The van der Waals surface area contributed by atoms with Crippen LogP contribution in [0.3, 0.4) is 0 Å². The molecule has 0 aliphatic heterocycles. The molecule has 0 aromatic rings. The lowest BCUT2D eigenvalue weighted by molar-refractivity contribution is -0.118. The number of nitrogens with zero attached hydrogens (tertiary/aromatic N) is 1. The van der Waals surface area contributed by atoms with E-state index in [0.717, 1.165) is 19.4 Å². The summed E-state index contributed by atoms with van der Waals surface area (Å²) in [6.45, 7) is 2.91. The monoisotopic (exact) mass is 209 g/mol. The highest BCUT2D eigenvalue weighted by Gasteiger charge is 2.23. The molecule has 4 heteroatoms. The molecule has 1 amide bonds. The quantitative estimate of drug-likeness (QED) is 0.673. The van der Waals surface area contributed by atoms with E-state index in [9.17, 15) is 4.79 Å². The summed E-state index contributed by atoms with van der Waals surface area (Å²) in [5, 5.41) is 15.0. The van der Waals surface area contributed by atoms with Gasteiger partial charge in [-0.1, -0.05) is 12.8 Å². The minimum Gasteiger partial charge on any atom is -0.355 e. The van der Waals surface area contributed by atoms with Crippen LogP contribution in [0, 0.1) is 17.2 Å². The minimum absolute atomic E-state index is 0.00252. The average Bonchev–Trinajstić information content (AvgIpc) is 2.24. The van der Waals surface area contributed by atoms with E-state index in [1.807, 2.05) is 0 Å². The summed E-state index contributed by atoms with van der Waals surface area (Å²) in [7, 11) is 0. The number of carbonyl (C=O) groups excluding carboxylic acids is 1. The fourth-order valence-corrected chi connectivity index (χ4v) is 2.03. The fourth-order valence-electron chi connectivity index (χ4n) is 2.03. The maximum atomic E-state index is 10.6. The summed E-state index contributed by atoms with van der Waals surface area (Å²) < 4.78 is 0. The third kappa shape index (κ3) is 4.30. The van der Waals surface area contributed by atoms with Crippen molar-refractivity contribution in [3.8, 4) is 6.07 Å². The van der Waals surface area contributed by atoms with Crippen LogP contribution in [0.4, 0.5) is 0 Å². The number of carbonyl (C=O) groups is 1. The second-order valence-corrected chi connectivity index (χ2v) is 4.06. The number of amides is 1. The lowest BCUT2D eigenvalue weighted by atomic mass is 9.85. The Morgan fingerprint density at radius 1 is 1.40 bits per heavy atom. The summed E-state index contributed by atoms with van der Waals surface area (Å²) in [6.07, 6.45) is 4.46. The molecule has 2 N–H and O–H groups in total. The highest BCUT2D eigenvalue weighted by atomic mass is 16.1. The second-order valence-electron chi connectivity index (χ2n) is 4.06. The molecule has 1 rings (SSSR count). The predicted molar refractivity (Wildman–Crippen MR) is 58.0 cm³/mol. The van der Waals surface area contributed by atoms with Crippen LogP contribution in [0.15, 0.2) is 0 Å². The van der Waals surface area contributed by atoms with Crippen molar-refractivity contribution in [2.75, 3.05) is 13.1 Å². The number of rotatable bonds is 4. The van der Waals surface area contributed by atoms with Crippen LogP contribution in [0.25, 0.3) is 0 Å². The molecule has 0 heterocycles. The molecule has 0 bridgehead atoms. The molecule has 15 heavy (non-hydrogen) atoms. The molecule has 4 nitrogen and oxygen atoms in total. The van der Waals surface area contributed by atoms with Crippen molar-refractivity contribution < 1.29 is 4.79 Å². The highest BCUT2D eigenvalue weighted by molar-refractivity contribution is 5.72. The molecule has 0 radical (unpaired) electrons. The van der Waals surface area contributed by atoms with Gasteiger partial charge in [-0.3, -0.25) is 4.79 Å². The molecule has 1 aliphatic rings. The van der Waals surface area contributed by atoms with E-state index in [2.05, 4.69) is 16.7 Å². The summed E-state index contributed by atoms with van der Waals surface area (Å²) >= 11 is 0. The van der Waals surface area contributed by atoms with Gasteiger partial charge in [-0.05, 0) is 12.8 Å². The fraction of sp³-hybridized carbons (Fsp3) is 0.818. The first kappa shape index (κ1) is 12.0. The zero-order valence-corrected chi connectivity index (χ0v) is 9.25. The van der Waals surface area contributed by atoms with Crippen molar-refractivity contribution in [3.63, 3.8) is 0 Å². The first-order valence-corrected chi connectivity index (χ1v) is 5.61. The van der Waals surface area contributed by atoms with Gasteiger partial charge in [-0.25, -0.2) is 0 Å². The summed E-state index contributed by atoms with van der Waals surface area (Å²) in [6, 6.07) is 2.67. The summed E-state index contributed by atoms with van der Waals surface area (Å²) in [5.41, 5.74) is 0. The van der Waals surface area contributed by atoms with Gasteiger partial charge < -0.3 is 10.6 Å². The van der Waals surface area contributed by atoms with Crippen LogP contribution in [0.1, 0.15) is 32.6 Å². The Bertz CT molecular complexity index is 247. The van der Waals surface area contributed by atoms with Crippen molar-refractivity contribution in [1.29, 1.82) is 5.26 Å². The van der Waals surface area contributed by atoms with E-state index in [1.54, 1.807) is 0 Å². The topological polar surface area (TPSA) is 64.9 Å². The minimum atomic E-state index is -0.00252. The van der Waals surface area contributed by atoms with E-state index >= 15 is 0 Å². The van der Waals surface area contributed by atoms with Gasteiger partial charge in [0.2, 0.25) is 5.91 Å². The zero-order valence-electron chi connectivity index (χ0n) is 9.25. The average molecular weight is 209 g/mol. The highest BCUT2D eigenvalue weighted by Crippen LogP contribution is 2.23. The van der Waals surface area contributed by atoms with Crippen LogP contribution < -0.4 is 10.6 Å². The van der Waals surface area contributed by atoms with Crippen LogP contribution in [0.5, 0.6) is 0 Å². The Balaban J connectivity index is 2.18. The number of hydrogen-bond acceptors (Lipinski definition) is 3. The molecule has 2 unspecified atom stereocenters. The van der Waals surface area contributed by atoms with Gasteiger partial charge in [0.25, 0.3) is 0 Å². The largest absolute Gasteiger partial charge is 0.355 e. The van der Waals surface area contributed by atoms with E-state index in [0.29, 0.717) is 12.6 Å². The van der Waals surface area contributed by atoms with Gasteiger partial charge in [-0.15, -0.1) is 0 Å². The number of nitrogens with one attached hydrogen (secondary N) is 2. The van der Waals surface area contributed by atoms with Crippen molar-refractivity contribution in [2.45, 2.75) is 38.6 Å². The molecule has 0 spiro atoms. The summed E-state index contributed by atoms with van der Waals surface area (Å²) in [5.74, 6) is 0.147. The smallest absolute Gasteiger partial charge is 0.216 e. The molecule has 1 aliphatic carbocycles. The normalized spacial score (nSPS) is 25.6. The Morgan fingerprint density at radius 3 is 2.80 bits per heavy atom. The first-order chi connectivity index (χ1) is 7.24. The van der Waals surface area contributed by atoms with Gasteiger partial charge in [0.05, 0.1) is 12.0 Å². The SMILES string of the molecule is CC(=O)NCCNC1CCCCC1C#N. The zero-order chi connectivity index (χ0) is 11.1. The van der Waals surface area contributed by atoms with E-state index in [-0.39, 0.29) is 11.8 Å². The van der Waals surface area contributed by atoms with Crippen LogP contribution in [0.2, 0.25) is 0 Å².